The highest BCUT2D eigenvalue weighted by Crippen LogP contribution is 2.23. The summed E-state index contributed by atoms with van der Waals surface area (Å²) < 4.78 is 10.6. The Morgan fingerprint density at radius 1 is 1.41 bits per heavy atom. The Kier molecular flexibility index (Phi) is 2.80. The van der Waals surface area contributed by atoms with Crippen molar-refractivity contribution < 1.29 is 9.26 Å². The lowest BCUT2D eigenvalue weighted by molar-refractivity contribution is -0.0221. The molecule has 0 unspecified atom stereocenters. The van der Waals surface area contributed by atoms with Gasteiger partial charge in [-0.25, -0.2) is 0 Å². The van der Waals surface area contributed by atoms with E-state index in [0.717, 1.165) is 0 Å². The molecule has 0 spiro atoms. The average Bonchev–Trinajstić information content (AvgIpc) is 2.85. The summed E-state index contributed by atoms with van der Waals surface area (Å²) in [6.45, 7) is 6.19. The summed E-state index contributed by atoms with van der Waals surface area (Å²) in [5.74, 6) is 1.15. The maximum absolute atomic E-state index is 5.51. The molecule has 8 nitrogen and oxygen atoms in total. The molecule has 17 heavy (non-hydrogen) atoms. The molecule has 2 rings (SSSR count). The zero-order valence-corrected chi connectivity index (χ0v) is 9.89. The van der Waals surface area contributed by atoms with Gasteiger partial charge in [-0.1, -0.05) is 5.16 Å². The summed E-state index contributed by atoms with van der Waals surface area (Å²) in [6.07, 6.45) is 0. The molecule has 0 aromatic carbocycles. The van der Waals surface area contributed by atoms with Crippen LogP contribution in [0.3, 0.4) is 0 Å². The van der Waals surface area contributed by atoms with Crippen molar-refractivity contribution in [2.45, 2.75) is 26.4 Å². The molecule has 2 aromatic heterocycles. The number of rotatable bonds is 4. The van der Waals surface area contributed by atoms with Crippen LogP contribution in [-0.4, -0.2) is 31.9 Å². The van der Waals surface area contributed by atoms with Crippen molar-refractivity contribution in [2.24, 2.45) is 0 Å². The van der Waals surface area contributed by atoms with Gasteiger partial charge in [-0.3, -0.25) is 5.10 Å². The molecule has 2 aromatic rings. The molecule has 0 aliphatic heterocycles. The summed E-state index contributed by atoms with van der Waals surface area (Å²) in [6, 6.07) is 0. The van der Waals surface area contributed by atoms with E-state index in [9.17, 15) is 0 Å². The zero-order valence-electron chi connectivity index (χ0n) is 9.89. The van der Waals surface area contributed by atoms with E-state index in [1.807, 2.05) is 20.8 Å². The number of aromatic amines is 1. The first kappa shape index (κ1) is 11.5. The van der Waals surface area contributed by atoms with Crippen molar-refractivity contribution in [3.8, 4) is 11.7 Å². The van der Waals surface area contributed by atoms with Crippen LogP contribution in [0.1, 0.15) is 26.6 Å². The summed E-state index contributed by atoms with van der Waals surface area (Å²) in [5, 5.41) is 10.1. The van der Waals surface area contributed by atoms with Gasteiger partial charge >= 0.3 is 0 Å². The molecule has 0 bridgehead atoms. The van der Waals surface area contributed by atoms with Crippen LogP contribution in [0, 0.1) is 0 Å². The highest BCUT2D eigenvalue weighted by Gasteiger charge is 2.28. The highest BCUT2D eigenvalue weighted by atomic mass is 16.5. The van der Waals surface area contributed by atoms with Crippen molar-refractivity contribution in [3.63, 3.8) is 0 Å². The molecule has 0 aliphatic rings. The molecule has 0 saturated heterocycles. The van der Waals surface area contributed by atoms with Gasteiger partial charge in [-0.15, -0.1) is 5.10 Å². The fourth-order valence-corrected chi connectivity index (χ4v) is 1.36. The maximum atomic E-state index is 5.51. The van der Waals surface area contributed by atoms with Gasteiger partial charge in [0.25, 0.3) is 5.89 Å². The third-order valence-corrected chi connectivity index (χ3v) is 2.17. The molecule has 8 heteroatoms. The number of nitrogens with zero attached hydrogens (tertiary/aromatic N) is 4. The van der Waals surface area contributed by atoms with Gasteiger partial charge in [0.2, 0.25) is 17.6 Å². The van der Waals surface area contributed by atoms with E-state index in [0.29, 0.717) is 18.3 Å². The predicted molar refractivity (Wildman–Crippen MR) is 58.7 cm³/mol. The number of nitrogens with two attached hydrogens (primary N) is 1. The normalized spacial score (nSPS) is 11.9. The minimum Gasteiger partial charge on any atom is -0.368 e. The van der Waals surface area contributed by atoms with Gasteiger partial charge in [0, 0.05) is 6.61 Å². The van der Waals surface area contributed by atoms with E-state index >= 15 is 0 Å². The molecular weight excluding hydrogens is 224 g/mol. The number of nitrogens with one attached hydrogen (secondary N) is 1. The van der Waals surface area contributed by atoms with Crippen LogP contribution < -0.4 is 5.73 Å². The molecule has 0 radical (unpaired) electrons. The molecule has 0 fully saturated rings. The minimum atomic E-state index is -0.609. The fraction of sp³-hybridized carbons (Fsp3) is 0.556. The number of hydrogen-bond donors (Lipinski definition) is 2. The van der Waals surface area contributed by atoms with Crippen molar-refractivity contribution in [1.82, 2.24) is 25.3 Å². The van der Waals surface area contributed by atoms with Crippen molar-refractivity contribution >= 4 is 5.95 Å². The average molecular weight is 238 g/mol. The van der Waals surface area contributed by atoms with Crippen LogP contribution in [0.25, 0.3) is 11.7 Å². The summed E-state index contributed by atoms with van der Waals surface area (Å²) in [7, 11) is 0. The van der Waals surface area contributed by atoms with Gasteiger partial charge in [0.1, 0.15) is 5.60 Å². The van der Waals surface area contributed by atoms with Gasteiger partial charge in [0.15, 0.2) is 0 Å². The van der Waals surface area contributed by atoms with Crippen LogP contribution in [0.2, 0.25) is 0 Å². The van der Waals surface area contributed by atoms with E-state index in [1.165, 1.54) is 0 Å². The van der Waals surface area contributed by atoms with Crippen molar-refractivity contribution in [3.05, 3.63) is 5.82 Å². The van der Waals surface area contributed by atoms with Crippen LogP contribution in [0.5, 0.6) is 0 Å². The molecule has 3 N–H and O–H groups in total. The quantitative estimate of drug-likeness (QED) is 0.805. The van der Waals surface area contributed by atoms with Crippen LogP contribution in [0.15, 0.2) is 4.52 Å². The topological polar surface area (TPSA) is 116 Å². The zero-order chi connectivity index (χ0) is 12.5. The maximum Gasteiger partial charge on any atom is 0.295 e. The third kappa shape index (κ3) is 2.26. The molecule has 2 heterocycles. The second-order valence-corrected chi connectivity index (χ2v) is 3.91. The number of hydrogen-bond acceptors (Lipinski definition) is 7. The molecule has 0 saturated carbocycles. The number of anilines is 1. The Hall–Kier alpha value is -1.96. The molecule has 0 atom stereocenters. The lowest BCUT2D eigenvalue weighted by atomic mass is 10.1. The lowest BCUT2D eigenvalue weighted by Gasteiger charge is -2.19. The van der Waals surface area contributed by atoms with E-state index in [2.05, 4.69) is 25.3 Å². The number of nitrogen functional groups attached to an aromatic ring is 1. The second-order valence-electron chi connectivity index (χ2n) is 3.91. The molecular formula is C9H14N6O2. The monoisotopic (exact) mass is 238 g/mol. The standard InChI is InChI=1S/C9H14N6O2/c1-4-16-9(2,3)7-12-6(17-15-7)5-11-8(10)14-13-5/h4H2,1-3H3,(H3,10,11,13,14). The van der Waals surface area contributed by atoms with Gasteiger partial charge in [0.05, 0.1) is 0 Å². The summed E-state index contributed by atoms with van der Waals surface area (Å²) in [4.78, 5) is 8.09. The molecule has 92 valence electrons. The highest BCUT2D eigenvalue weighted by molar-refractivity contribution is 5.41. The Morgan fingerprint density at radius 3 is 2.76 bits per heavy atom. The first-order valence-corrected chi connectivity index (χ1v) is 5.19. The van der Waals surface area contributed by atoms with Crippen LogP contribution >= 0.6 is 0 Å². The molecule has 0 aliphatic carbocycles. The lowest BCUT2D eigenvalue weighted by Crippen LogP contribution is -2.23. The van der Waals surface area contributed by atoms with Crippen molar-refractivity contribution in [2.75, 3.05) is 12.3 Å². The number of H-pyrrole nitrogens is 1. The first-order chi connectivity index (χ1) is 8.03. The van der Waals surface area contributed by atoms with Crippen LogP contribution in [0.4, 0.5) is 5.95 Å². The minimum absolute atomic E-state index is 0.129. The predicted octanol–water partition coefficient (Wildman–Crippen LogP) is 0.708. The first-order valence-electron chi connectivity index (χ1n) is 5.19. The van der Waals surface area contributed by atoms with Crippen LogP contribution in [-0.2, 0) is 10.3 Å². The number of aromatic nitrogens is 5. The SMILES string of the molecule is CCOC(C)(C)c1noc(-c2nc(N)n[nH]2)n1. The second kappa shape index (κ2) is 4.13. The van der Waals surface area contributed by atoms with E-state index < -0.39 is 5.60 Å². The van der Waals surface area contributed by atoms with Crippen molar-refractivity contribution in [1.29, 1.82) is 0 Å². The van der Waals surface area contributed by atoms with E-state index in [-0.39, 0.29) is 11.8 Å². The molecule has 0 amide bonds. The van der Waals surface area contributed by atoms with Gasteiger partial charge < -0.3 is 15.0 Å². The van der Waals surface area contributed by atoms with E-state index in [4.69, 9.17) is 15.0 Å². The Labute approximate surface area is 97.6 Å². The van der Waals surface area contributed by atoms with Gasteiger partial charge in [-0.05, 0) is 20.8 Å². The summed E-state index contributed by atoms with van der Waals surface area (Å²) >= 11 is 0. The summed E-state index contributed by atoms with van der Waals surface area (Å²) in [5.41, 5.74) is 4.78. The van der Waals surface area contributed by atoms with Gasteiger partial charge in [-0.2, -0.15) is 9.97 Å². The Bertz CT molecular complexity index is 503. The Morgan fingerprint density at radius 2 is 2.18 bits per heavy atom. The fourth-order valence-electron chi connectivity index (χ4n) is 1.36. The third-order valence-electron chi connectivity index (χ3n) is 2.17. The smallest absolute Gasteiger partial charge is 0.295 e. The number of ether oxygens (including phenoxy) is 1. The van der Waals surface area contributed by atoms with E-state index in [1.54, 1.807) is 0 Å². The Balaban J connectivity index is 2.27. The largest absolute Gasteiger partial charge is 0.368 e.